The first-order valence-electron chi connectivity index (χ1n) is 9.54. The lowest BCUT2D eigenvalue weighted by Crippen LogP contribution is -1.99. The Labute approximate surface area is 175 Å². The Morgan fingerprint density at radius 1 is 0.833 bits per heavy atom. The Balaban J connectivity index is 1.41. The van der Waals surface area contributed by atoms with Gasteiger partial charge in [0.2, 0.25) is 0 Å². The number of pyridine rings is 1. The minimum Gasteiger partial charge on any atom is -0.308 e. The van der Waals surface area contributed by atoms with Gasteiger partial charge < -0.3 is 4.57 Å². The molecule has 0 N–H and O–H groups in total. The Hall–Kier alpha value is -3.83. The number of Topliss-reactive ketones (excluding diaryl/α,β-unsaturated/α-hetero) is 2. The second kappa shape index (κ2) is 6.34. The second-order valence-corrected chi connectivity index (χ2v) is 8.35. The molecule has 0 radical (unpaired) electrons. The van der Waals surface area contributed by atoms with E-state index in [1.807, 2.05) is 73.1 Å². The third-order valence-electron chi connectivity index (χ3n) is 5.49. The van der Waals surface area contributed by atoms with Crippen molar-refractivity contribution < 1.29 is 9.59 Å². The number of ketones is 2. The molecule has 1 aliphatic carbocycles. The molecule has 0 amide bonds. The van der Waals surface area contributed by atoms with Gasteiger partial charge in [0.15, 0.2) is 11.6 Å². The van der Waals surface area contributed by atoms with Crippen molar-refractivity contribution in [3.05, 3.63) is 101 Å². The van der Waals surface area contributed by atoms with Gasteiger partial charge in [0.1, 0.15) is 5.00 Å². The predicted molar refractivity (Wildman–Crippen MR) is 120 cm³/mol. The molecule has 0 bridgehead atoms. The van der Waals surface area contributed by atoms with Crippen molar-refractivity contribution in [2.45, 2.75) is 0 Å². The van der Waals surface area contributed by atoms with Gasteiger partial charge in [-0.05, 0) is 53.2 Å². The number of thiophene rings is 1. The number of carbonyl (C=O) groups excluding carboxylic acids is 2. The summed E-state index contributed by atoms with van der Waals surface area (Å²) in [5.74, 6) is -0.401. The first-order chi connectivity index (χ1) is 14.7. The summed E-state index contributed by atoms with van der Waals surface area (Å²) in [6, 6.07) is 19.4. The number of benzene rings is 2. The van der Waals surface area contributed by atoms with E-state index in [0.29, 0.717) is 11.1 Å². The third kappa shape index (κ3) is 2.49. The van der Waals surface area contributed by atoms with Crippen molar-refractivity contribution in [2.75, 3.05) is 0 Å². The molecular formula is C25H14N2O2S. The van der Waals surface area contributed by atoms with Crippen LogP contribution in [0.25, 0.3) is 32.8 Å². The molecule has 5 heteroatoms. The molecule has 4 nitrogen and oxygen atoms in total. The Bertz CT molecular complexity index is 1480. The van der Waals surface area contributed by atoms with Crippen molar-refractivity contribution in [2.24, 2.45) is 0 Å². The third-order valence-corrected chi connectivity index (χ3v) is 6.52. The van der Waals surface area contributed by atoms with E-state index >= 15 is 0 Å². The van der Waals surface area contributed by atoms with E-state index in [2.05, 4.69) is 9.55 Å². The van der Waals surface area contributed by atoms with Crippen LogP contribution in [0.2, 0.25) is 0 Å². The van der Waals surface area contributed by atoms with E-state index < -0.39 is 0 Å². The molecule has 142 valence electrons. The number of fused-ring (bicyclic) bond motifs is 3. The van der Waals surface area contributed by atoms with Crippen LogP contribution in [0.1, 0.15) is 25.6 Å². The van der Waals surface area contributed by atoms with E-state index in [4.69, 9.17) is 0 Å². The highest BCUT2D eigenvalue weighted by molar-refractivity contribution is 7.15. The van der Waals surface area contributed by atoms with Crippen molar-refractivity contribution in [3.8, 4) is 5.00 Å². The smallest absolute Gasteiger partial charge is 0.197 e. The van der Waals surface area contributed by atoms with Gasteiger partial charge in [0.25, 0.3) is 0 Å². The number of nitrogens with zero attached hydrogens (tertiary/aromatic N) is 2. The summed E-state index contributed by atoms with van der Waals surface area (Å²) in [6.07, 6.45) is 7.32. The van der Waals surface area contributed by atoms with Crippen molar-refractivity contribution in [1.82, 2.24) is 9.55 Å². The monoisotopic (exact) mass is 406 g/mol. The average molecular weight is 406 g/mol. The lowest BCUT2D eigenvalue weighted by Gasteiger charge is -2.00. The Kier molecular flexibility index (Phi) is 3.60. The maximum atomic E-state index is 13.0. The fraction of sp³-hybridized carbons (Fsp3) is 0. The van der Waals surface area contributed by atoms with Gasteiger partial charge in [-0.2, -0.15) is 0 Å². The maximum absolute atomic E-state index is 13.0. The first kappa shape index (κ1) is 17.1. The van der Waals surface area contributed by atoms with Gasteiger partial charge in [-0.1, -0.05) is 24.3 Å². The molecule has 0 aliphatic heterocycles. The highest BCUT2D eigenvalue weighted by Gasteiger charge is 2.33. The Morgan fingerprint density at radius 3 is 2.30 bits per heavy atom. The summed E-state index contributed by atoms with van der Waals surface area (Å²) in [4.78, 5) is 31.0. The number of hydrogen-bond acceptors (Lipinski definition) is 4. The standard InChI is InChI=1S/C25H14N2O2S/c28-24-19-11-15-3-1-2-4-16(15)12-20(19)25(29)21(24)13-18-5-6-23(30-18)27-10-8-17-14-26-9-7-22(17)27/h1-14H. The molecule has 0 spiro atoms. The Morgan fingerprint density at radius 2 is 1.57 bits per heavy atom. The van der Waals surface area contributed by atoms with Gasteiger partial charge in [-0.25, -0.2) is 0 Å². The van der Waals surface area contributed by atoms with Crippen LogP contribution < -0.4 is 0 Å². The minimum absolute atomic E-state index is 0.201. The summed E-state index contributed by atoms with van der Waals surface area (Å²) in [7, 11) is 0. The van der Waals surface area contributed by atoms with Crippen molar-refractivity contribution in [1.29, 1.82) is 0 Å². The summed E-state index contributed by atoms with van der Waals surface area (Å²) in [6.45, 7) is 0. The second-order valence-electron chi connectivity index (χ2n) is 7.26. The first-order valence-corrected chi connectivity index (χ1v) is 10.4. The predicted octanol–water partition coefficient (Wildman–Crippen LogP) is 5.70. The molecule has 0 saturated carbocycles. The molecule has 1 aliphatic rings. The molecule has 2 aromatic carbocycles. The largest absolute Gasteiger partial charge is 0.308 e. The molecule has 0 atom stereocenters. The molecule has 5 aromatic rings. The van der Waals surface area contributed by atoms with Crippen molar-refractivity contribution in [3.63, 3.8) is 0 Å². The van der Waals surface area contributed by atoms with Gasteiger partial charge in [0.05, 0.1) is 11.1 Å². The van der Waals surface area contributed by atoms with E-state index in [0.717, 1.165) is 31.6 Å². The van der Waals surface area contributed by atoms with Crippen LogP contribution in [0, 0.1) is 0 Å². The van der Waals surface area contributed by atoms with Gasteiger partial charge in [-0.15, -0.1) is 11.3 Å². The van der Waals surface area contributed by atoms with Crippen LogP contribution in [0.5, 0.6) is 0 Å². The highest BCUT2D eigenvalue weighted by Crippen LogP contribution is 2.33. The molecule has 0 saturated heterocycles. The zero-order chi connectivity index (χ0) is 20.2. The molecule has 0 fully saturated rings. The zero-order valence-electron chi connectivity index (χ0n) is 15.7. The van der Waals surface area contributed by atoms with Crippen LogP contribution in [0.4, 0.5) is 0 Å². The van der Waals surface area contributed by atoms with Crippen LogP contribution in [-0.4, -0.2) is 21.1 Å². The quantitative estimate of drug-likeness (QED) is 0.279. The van der Waals surface area contributed by atoms with Crippen LogP contribution in [-0.2, 0) is 0 Å². The maximum Gasteiger partial charge on any atom is 0.197 e. The number of allylic oxidation sites excluding steroid dienone is 1. The van der Waals surface area contributed by atoms with Gasteiger partial charge in [0, 0.05) is 40.0 Å². The molecule has 6 rings (SSSR count). The lowest BCUT2D eigenvalue weighted by molar-refractivity contribution is 0.0990. The average Bonchev–Trinajstić information content (AvgIpc) is 3.47. The van der Waals surface area contributed by atoms with E-state index in [-0.39, 0.29) is 17.1 Å². The fourth-order valence-electron chi connectivity index (χ4n) is 4.01. The van der Waals surface area contributed by atoms with E-state index in [9.17, 15) is 9.59 Å². The molecule has 3 heterocycles. The van der Waals surface area contributed by atoms with Crippen LogP contribution in [0.3, 0.4) is 0 Å². The van der Waals surface area contributed by atoms with Crippen LogP contribution >= 0.6 is 11.3 Å². The molecular weight excluding hydrogens is 392 g/mol. The summed E-state index contributed by atoms with van der Waals surface area (Å²) >= 11 is 1.54. The summed E-state index contributed by atoms with van der Waals surface area (Å²) in [5, 5.41) is 4.01. The van der Waals surface area contributed by atoms with E-state index in [1.54, 1.807) is 12.3 Å². The minimum atomic E-state index is -0.201. The summed E-state index contributed by atoms with van der Waals surface area (Å²) < 4.78 is 2.09. The van der Waals surface area contributed by atoms with Gasteiger partial charge >= 0.3 is 0 Å². The number of hydrogen-bond donors (Lipinski definition) is 0. The zero-order valence-corrected chi connectivity index (χ0v) is 16.5. The lowest BCUT2D eigenvalue weighted by atomic mass is 10.0. The van der Waals surface area contributed by atoms with Crippen molar-refractivity contribution >= 4 is 50.7 Å². The normalized spacial score (nSPS) is 13.4. The molecule has 0 unspecified atom stereocenters. The SMILES string of the molecule is O=C1C(=Cc2ccc(-n3ccc4cnccc43)s2)C(=O)c2cc3ccccc3cc21. The molecule has 30 heavy (non-hydrogen) atoms. The number of carbonyl (C=O) groups is 2. The fourth-order valence-corrected chi connectivity index (χ4v) is 4.95. The molecule has 3 aromatic heterocycles. The highest BCUT2D eigenvalue weighted by atomic mass is 32.1. The summed E-state index contributed by atoms with van der Waals surface area (Å²) in [5.41, 5.74) is 2.28. The topological polar surface area (TPSA) is 52.0 Å². The number of aromatic nitrogens is 2. The van der Waals surface area contributed by atoms with Crippen LogP contribution in [0.15, 0.2) is 84.8 Å². The number of rotatable bonds is 2. The van der Waals surface area contributed by atoms with Gasteiger partial charge in [-0.3, -0.25) is 14.6 Å². The van der Waals surface area contributed by atoms with E-state index in [1.165, 1.54) is 11.3 Å².